The minimum Gasteiger partial charge on any atom is -0.313 e. The van der Waals surface area contributed by atoms with E-state index in [1.807, 2.05) is 20.2 Å². The van der Waals surface area contributed by atoms with Crippen LogP contribution in [0.25, 0.3) is 0 Å². The Morgan fingerprint density at radius 1 is 1.18 bits per heavy atom. The molecule has 1 unspecified atom stereocenters. The smallest absolute Gasteiger partial charge is 0.0372 e. The van der Waals surface area contributed by atoms with Gasteiger partial charge in [-0.1, -0.05) is 45.1 Å². The molecule has 17 heavy (non-hydrogen) atoms. The number of aromatic nitrogens is 1. The Bertz CT molecular complexity index is 292. The van der Waals surface area contributed by atoms with E-state index >= 15 is 0 Å². The third kappa shape index (κ3) is 5.31. The van der Waals surface area contributed by atoms with Crippen LogP contribution >= 0.6 is 0 Å². The first-order chi connectivity index (χ1) is 8.27. The number of rotatable bonds is 8. The quantitative estimate of drug-likeness (QED) is 0.687. The van der Waals surface area contributed by atoms with Crippen LogP contribution in [0.15, 0.2) is 18.3 Å². The summed E-state index contributed by atoms with van der Waals surface area (Å²) in [4.78, 5) is 4.37. The Morgan fingerprint density at radius 3 is 2.53 bits per heavy atom. The zero-order valence-corrected chi connectivity index (χ0v) is 11.5. The van der Waals surface area contributed by atoms with Gasteiger partial charge in [-0.15, -0.1) is 0 Å². The average molecular weight is 234 g/mol. The first-order valence-corrected chi connectivity index (χ1v) is 6.87. The van der Waals surface area contributed by atoms with E-state index in [9.17, 15) is 0 Å². The van der Waals surface area contributed by atoms with Crippen molar-refractivity contribution in [3.63, 3.8) is 0 Å². The molecule has 0 aliphatic heterocycles. The Kier molecular flexibility index (Phi) is 6.87. The first-order valence-electron chi connectivity index (χ1n) is 6.87. The fraction of sp³-hybridized carbons (Fsp3) is 0.667. The predicted molar refractivity (Wildman–Crippen MR) is 74.2 cm³/mol. The monoisotopic (exact) mass is 234 g/mol. The molecule has 0 aromatic carbocycles. The van der Waals surface area contributed by atoms with Gasteiger partial charge >= 0.3 is 0 Å². The van der Waals surface area contributed by atoms with Crippen molar-refractivity contribution in [2.75, 3.05) is 7.05 Å². The topological polar surface area (TPSA) is 24.9 Å². The Balaban J connectivity index is 2.35. The Morgan fingerprint density at radius 2 is 1.94 bits per heavy atom. The first kappa shape index (κ1) is 14.2. The summed E-state index contributed by atoms with van der Waals surface area (Å²) in [6, 6.07) is 4.75. The molecule has 0 saturated heterocycles. The second kappa shape index (κ2) is 8.24. The Hall–Kier alpha value is -0.890. The van der Waals surface area contributed by atoms with Gasteiger partial charge in [0.15, 0.2) is 0 Å². The van der Waals surface area contributed by atoms with E-state index in [2.05, 4.69) is 29.4 Å². The predicted octanol–water partition coefficient (Wildman–Crippen LogP) is 4.01. The fourth-order valence-corrected chi connectivity index (χ4v) is 2.12. The molecule has 0 aliphatic carbocycles. The van der Waals surface area contributed by atoms with Gasteiger partial charge < -0.3 is 5.32 Å². The number of hydrogen-bond donors (Lipinski definition) is 1. The molecular weight excluding hydrogens is 208 g/mol. The molecule has 96 valence electrons. The van der Waals surface area contributed by atoms with Gasteiger partial charge in [0.25, 0.3) is 0 Å². The molecule has 0 saturated carbocycles. The molecule has 0 radical (unpaired) electrons. The van der Waals surface area contributed by atoms with Crippen LogP contribution in [-0.2, 0) is 0 Å². The van der Waals surface area contributed by atoms with Crippen molar-refractivity contribution < 1.29 is 0 Å². The second-order valence-electron chi connectivity index (χ2n) is 4.78. The van der Waals surface area contributed by atoms with Crippen molar-refractivity contribution in [2.24, 2.45) is 0 Å². The summed E-state index contributed by atoms with van der Waals surface area (Å²) >= 11 is 0. The minimum atomic E-state index is 0.463. The van der Waals surface area contributed by atoms with Crippen LogP contribution < -0.4 is 5.32 Å². The lowest BCUT2D eigenvalue weighted by Gasteiger charge is -2.16. The Labute approximate surface area is 106 Å². The van der Waals surface area contributed by atoms with Crippen molar-refractivity contribution in [3.05, 3.63) is 29.6 Å². The summed E-state index contributed by atoms with van der Waals surface area (Å²) < 4.78 is 0. The molecule has 0 fully saturated rings. The fourth-order valence-electron chi connectivity index (χ4n) is 2.12. The maximum Gasteiger partial charge on any atom is 0.0372 e. The third-order valence-electron chi connectivity index (χ3n) is 3.28. The molecule has 0 bridgehead atoms. The highest BCUT2D eigenvalue weighted by Gasteiger charge is 2.08. The number of hydrogen-bond acceptors (Lipinski definition) is 2. The maximum atomic E-state index is 4.37. The van der Waals surface area contributed by atoms with Gasteiger partial charge in [-0.3, -0.25) is 4.98 Å². The molecule has 1 heterocycles. The molecule has 1 N–H and O–H groups in total. The van der Waals surface area contributed by atoms with Gasteiger partial charge in [0.05, 0.1) is 0 Å². The summed E-state index contributed by atoms with van der Waals surface area (Å²) in [7, 11) is 2.04. The highest BCUT2D eigenvalue weighted by atomic mass is 14.9. The van der Waals surface area contributed by atoms with Gasteiger partial charge in [0.2, 0.25) is 0 Å². The molecule has 1 atom stereocenters. The van der Waals surface area contributed by atoms with Crippen LogP contribution in [0.2, 0.25) is 0 Å². The molecule has 1 rings (SSSR count). The average Bonchev–Trinajstić information content (AvgIpc) is 2.35. The molecule has 1 aromatic rings. The number of pyridine rings is 1. The van der Waals surface area contributed by atoms with Crippen molar-refractivity contribution in [1.82, 2.24) is 10.3 Å². The van der Waals surface area contributed by atoms with E-state index in [1.54, 1.807) is 0 Å². The van der Waals surface area contributed by atoms with Gasteiger partial charge in [0, 0.05) is 17.9 Å². The highest BCUT2D eigenvalue weighted by Crippen LogP contribution is 2.19. The van der Waals surface area contributed by atoms with Crippen LogP contribution in [0.4, 0.5) is 0 Å². The zero-order chi connectivity index (χ0) is 12.5. The van der Waals surface area contributed by atoms with E-state index in [0.717, 1.165) is 5.69 Å². The molecule has 1 aromatic heterocycles. The summed E-state index contributed by atoms with van der Waals surface area (Å²) in [6.45, 7) is 4.29. The highest BCUT2D eigenvalue weighted by molar-refractivity contribution is 5.16. The number of nitrogens with one attached hydrogen (secondary N) is 1. The molecule has 0 spiro atoms. The molecule has 2 heteroatoms. The normalized spacial score (nSPS) is 12.6. The van der Waals surface area contributed by atoms with E-state index in [4.69, 9.17) is 0 Å². The number of aryl methyl sites for hydroxylation is 1. The number of nitrogens with zero attached hydrogens (tertiary/aromatic N) is 1. The van der Waals surface area contributed by atoms with Crippen LogP contribution in [0.3, 0.4) is 0 Å². The van der Waals surface area contributed by atoms with Crippen LogP contribution in [0.5, 0.6) is 0 Å². The standard InChI is InChI=1S/C15H26N2/c1-4-5-6-7-8-9-15(16-3)14-11-10-13(2)17-12-14/h10-12,15-16H,4-9H2,1-3H3. The van der Waals surface area contributed by atoms with Crippen molar-refractivity contribution >= 4 is 0 Å². The van der Waals surface area contributed by atoms with Gasteiger partial charge in [-0.05, 0) is 32.0 Å². The third-order valence-corrected chi connectivity index (χ3v) is 3.28. The lowest BCUT2D eigenvalue weighted by atomic mass is 10.0. The zero-order valence-electron chi connectivity index (χ0n) is 11.5. The molecule has 0 aliphatic rings. The summed E-state index contributed by atoms with van der Waals surface area (Å²) in [5.41, 5.74) is 2.40. The van der Waals surface area contributed by atoms with Crippen molar-refractivity contribution in [1.29, 1.82) is 0 Å². The van der Waals surface area contributed by atoms with E-state index < -0.39 is 0 Å². The van der Waals surface area contributed by atoms with E-state index in [-0.39, 0.29) is 0 Å². The lowest BCUT2D eigenvalue weighted by molar-refractivity contribution is 0.499. The molecule has 0 amide bonds. The van der Waals surface area contributed by atoms with Gasteiger partial charge in [-0.25, -0.2) is 0 Å². The summed E-state index contributed by atoms with van der Waals surface area (Å²) in [6.07, 6.45) is 9.94. The van der Waals surface area contributed by atoms with E-state index in [1.165, 1.54) is 44.1 Å². The van der Waals surface area contributed by atoms with Crippen LogP contribution in [0, 0.1) is 6.92 Å². The second-order valence-corrected chi connectivity index (χ2v) is 4.78. The van der Waals surface area contributed by atoms with Crippen molar-refractivity contribution in [2.45, 2.75) is 58.4 Å². The maximum absolute atomic E-state index is 4.37. The SMILES string of the molecule is CCCCCCCC(NC)c1ccc(C)nc1. The lowest BCUT2D eigenvalue weighted by Crippen LogP contribution is -2.16. The van der Waals surface area contributed by atoms with Gasteiger partial charge in [0.1, 0.15) is 0 Å². The summed E-state index contributed by atoms with van der Waals surface area (Å²) in [5.74, 6) is 0. The minimum absolute atomic E-state index is 0.463. The molecular formula is C15H26N2. The van der Waals surface area contributed by atoms with Gasteiger partial charge in [-0.2, -0.15) is 0 Å². The number of unbranched alkanes of at least 4 members (excludes halogenated alkanes) is 4. The van der Waals surface area contributed by atoms with Crippen molar-refractivity contribution in [3.8, 4) is 0 Å². The summed E-state index contributed by atoms with van der Waals surface area (Å²) in [5, 5.41) is 3.39. The molecule has 2 nitrogen and oxygen atoms in total. The van der Waals surface area contributed by atoms with Crippen LogP contribution in [-0.4, -0.2) is 12.0 Å². The van der Waals surface area contributed by atoms with Crippen LogP contribution in [0.1, 0.15) is 62.7 Å². The largest absolute Gasteiger partial charge is 0.313 e. The van der Waals surface area contributed by atoms with E-state index in [0.29, 0.717) is 6.04 Å².